The van der Waals surface area contributed by atoms with Gasteiger partial charge in [0.15, 0.2) is 0 Å². The van der Waals surface area contributed by atoms with E-state index in [0.717, 1.165) is 5.25 Å². The first-order valence-corrected chi connectivity index (χ1v) is 7.46. The van der Waals surface area contributed by atoms with Crippen molar-refractivity contribution in [1.29, 1.82) is 0 Å². The summed E-state index contributed by atoms with van der Waals surface area (Å²) in [5.74, 6) is 0. The Hall–Kier alpha value is -0.950. The first-order chi connectivity index (χ1) is 8.43. The van der Waals surface area contributed by atoms with Gasteiger partial charge in [0.2, 0.25) is 0 Å². The second-order valence-corrected chi connectivity index (χ2v) is 6.20. The normalized spacial score (nSPS) is 17.4. The van der Waals surface area contributed by atoms with Crippen molar-refractivity contribution in [1.82, 2.24) is 0 Å². The minimum Gasteiger partial charge on any atom is -0.122 e. The monoisotopic (exact) mass is 242 g/mol. The van der Waals surface area contributed by atoms with Crippen LogP contribution in [0.25, 0.3) is 10.8 Å². The Labute approximate surface area is 107 Å². The summed E-state index contributed by atoms with van der Waals surface area (Å²) in [6.07, 6.45) is 7.07. The molecule has 0 nitrogen and oxygen atoms in total. The fraction of sp³-hybridized carbons (Fsp3) is 0.375. The third-order valence-corrected chi connectivity index (χ3v) is 5.01. The van der Waals surface area contributed by atoms with Crippen LogP contribution in [0, 0.1) is 0 Å². The molecule has 0 aliphatic heterocycles. The van der Waals surface area contributed by atoms with E-state index in [9.17, 15) is 0 Å². The summed E-state index contributed by atoms with van der Waals surface area (Å²) in [5.41, 5.74) is 0. The summed E-state index contributed by atoms with van der Waals surface area (Å²) in [4.78, 5) is 1.47. The summed E-state index contributed by atoms with van der Waals surface area (Å²) in [7, 11) is 0. The zero-order valence-electron chi connectivity index (χ0n) is 10.1. The maximum absolute atomic E-state index is 2.28. The Balaban J connectivity index is 1.89. The molecule has 17 heavy (non-hydrogen) atoms. The molecule has 1 aliphatic carbocycles. The molecule has 1 heteroatoms. The summed E-state index contributed by atoms with van der Waals surface area (Å²) in [6.45, 7) is 0. The lowest BCUT2D eigenvalue weighted by Gasteiger charge is -2.21. The van der Waals surface area contributed by atoms with E-state index in [1.165, 1.54) is 47.8 Å². The van der Waals surface area contributed by atoms with Gasteiger partial charge in [0, 0.05) is 10.1 Å². The van der Waals surface area contributed by atoms with E-state index in [1.54, 1.807) is 0 Å². The largest absolute Gasteiger partial charge is 0.122 e. The van der Waals surface area contributed by atoms with Gasteiger partial charge in [-0.15, -0.1) is 11.8 Å². The van der Waals surface area contributed by atoms with Crippen LogP contribution in [0.2, 0.25) is 0 Å². The average molecular weight is 242 g/mol. The molecule has 0 amide bonds. The number of hydrogen-bond donors (Lipinski definition) is 0. The standard InChI is InChI=1S/C16H18S/c1-2-9-14(10-3-1)17-16-12-6-8-13-7-4-5-11-15(13)16/h4-8,11-12,14H,1-3,9-10H2. The lowest BCUT2D eigenvalue weighted by atomic mass is 10.0. The van der Waals surface area contributed by atoms with Crippen molar-refractivity contribution >= 4 is 22.5 Å². The number of benzene rings is 2. The van der Waals surface area contributed by atoms with Crippen LogP contribution in [0.15, 0.2) is 47.4 Å². The topological polar surface area (TPSA) is 0 Å². The molecule has 0 aromatic heterocycles. The zero-order valence-corrected chi connectivity index (χ0v) is 10.9. The van der Waals surface area contributed by atoms with Crippen LogP contribution in [-0.4, -0.2) is 5.25 Å². The van der Waals surface area contributed by atoms with Crippen molar-refractivity contribution in [2.45, 2.75) is 42.2 Å². The molecule has 0 radical (unpaired) electrons. The Kier molecular flexibility index (Phi) is 3.37. The third-order valence-electron chi connectivity index (χ3n) is 3.60. The van der Waals surface area contributed by atoms with Crippen LogP contribution in [0.5, 0.6) is 0 Å². The predicted molar refractivity (Wildman–Crippen MR) is 76.7 cm³/mol. The molecule has 0 spiro atoms. The first kappa shape index (κ1) is 11.2. The van der Waals surface area contributed by atoms with E-state index >= 15 is 0 Å². The Morgan fingerprint density at radius 3 is 2.47 bits per heavy atom. The number of thioether (sulfide) groups is 1. The van der Waals surface area contributed by atoms with Gasteiger partial charge in [-0.25, -0.2) is 0 Å². The molecule has 2 aromatic carbocycles. The van der Waals surface area contributed by atoms with E-state index < -0.39 is 0 Å². The van der Waals surface area contributed by atoms with Crippen molar-refractivity contribution in [3.63, 3.8) is 0 Å². The van der Waals surface area contributed by atoms with Gasteiger partial charge in [0.25, 0.3) is 0 Å². The SMILES string of the molecule is c1ccc2c(SC3CCCCC3)cccc2c1. The van der Waals surface area contributed by atoms with Gasteiger partial charge in [-0.3, -0.25) is 0 Å². The van der Waals surface area contributed by atoms with Gasteiger partial charge in [0.05, 0.1) is 0 Å². The predicted octanol–water partition coefficient (Wildman–Crippen LogP) is 5.26. The fourth-order valence-corrected chi connectivity index (χ4v) is 4.06. The van der Waals surface area contributed by atoms with E-state index in [1.807, 2.05) is 0 Å². The lowest BCUT2D eigenvalue weighted by molar-refractivity contribution is 0.516. The van der Waals surface area contributed by atoms with Gasteiger partial charge in [-0.1, -0.05) is 55.7 Å². The highest BCUT2D eigenvalue weighted by Crippen LogP contribution is 2.36. The van der Waals surface area contributed by atoms with Gasteiger partial charge in [-0.2, -0.15) is 0 Å². The second-order valence-electron chi connectivity index (χ2n) is 4.86. The van der Waals surface area contributed by atoms with Gasteiger partial charge in [0.1, 0.15) is 0 Å². The van der Waals surface area contributed by atoms with Crippen molar-refractivity contribution < 1.29 is 0 Å². The summed E-state index contributed by atoms with van der Waals surface area (Å²) in [5, 5.41) is 3.63. The van der Waals surface area contributed by atoms with E-state index in [-0.39, 0.29) is 0 Å². The molecular weight excluding hydrogens is 224 g/mol. The molecule has 1 aliphatic rings. The zero-order chi connectivity index (χ0) is 11.5. The smallest absolute Gasteiger partial charge is 0.0153 e. The molecule has 1 fully saturated rings. The Bertz CT molecular complexity index is 492. The second kappa shape index (κ2) is 5.14. The molecule has 1 saturated carbocycles. The van der Waals surface area contributed by atoms with Gasteiger partial charge < -0.3 is 0 Å². The van der Waals surface area contributed by atoms with E-state index in [4.69, 9.17) is 0 Å². The molecule has 2 aromatic rings. The van der Waals surface area contributed by atoms with Crippen molar-refractivity contribution in [3.8, 4) is 0 Å². The fourth-order valence-electron chi connectivity index (χ4n) is 2.66. The van der Waals surface area contributed by atoms with E-state index in [0.29, 0.717) is 0 Å². The van der Waals surface area contributed by atoms with E-state index in [2.05, 4.69) is 54.2 Å². The van der Waals surface area contributed by atoms with Crippen molar-refractivity contribution in [2.75, 3.05) is 0 Å². The minimum atomic E-state index is 0.842. The van der Waals surface area contributed by atoms with Crippen LogP contribution in [0.3, 0.4) is 0 Å². The summed E-state index contributed by atoms with van der Waals surface area (Å²) < 4.78 is 0. The minimum absolute atomic E-state index is 0.842. The molecule has 3 rings (SSSR count). The van der Waals surface area contributed by atoms with Gasteiger partial charge >= 0.3 is 0 Å². The van der Waals surface area contributed by atoms with Crippen molar-refractivity contribution in [3.05, 3.63) is 42.5 Å². The highest BCUT2D eigenvalue weighted by molar-refractivity contribution is 8.00. The van der Waals surface area contributed by atoms with Crippen LogP contribution < -0.4 is 0 Å². The molecule has 0 atom stereocenters. The number of hydrogen-bond acceptors (Lipinski definition) is 1. The molecule has 0 heterocycles. The first-order valence-electron chi connectivity index (χ1n) is 6.58. The molecule has 0 saturated heterocycles. The Morgan fingerprint density at radius 1 is 0.824 bits per heavy atom. The Morgan fingerprint density at radius 2 is 1.59 bits per heavy atom. The maximum atomic E-state index is 2.28. The van der Waals surface area contributed by atoms with Crippen LogP contribution in [-0.2, 0) is 0 Å². The summed E-state index contributed by atoms with van der Waals surface area (Å²) >= 11 is 2.09. The van der Waals surface area contributed by atoms with Crippen LogP contribution in [0.4, 0.5) is 0 Å². The number of rotatable bonds is 2. The van der Waals surface area contributed by atoms with Crippen molar-refractivity contribution in [2.24, 2.45) is 0 Å². The molecule has 0 bridgehead atoms. The summed E-state index contributed by atoms with van der Waals surface area (Å²) in [6, 6.07) is 15.4. The highest BCUT2D eigenvalue weighted by Gasteiger charge is 2.15. The molecule has 88 valence electrons. The average Bonchev–Trinajstić information content (AvgIpc) is 2.40. The number of fused-ring (bicyclic) bond motifs is 1. The maximum Gasteiger partial charge on any atom is 0.0153 e. The molecular formula is C16H18S. The van der Waals surface area contributed by atoms with Crippen LogP contribution >= 0.6 is 11.8 Å². The quantitative estimate of drug-likeness (QED) is 0.691. The molecule has 0 N–H and O–H groups in total. The third kappa shape index (κ3) is 2.50. The molecule has 0 unspecified atom stereocenters. The highest BCUT2D eigenvalue weighted by atomic mass is 32.2. The lowest BCUT2D eigenvalue weighted by Crippen LogP contribution is -2.07. The van der Waals surface area contributed by atoms with Crippen LogP contribution in [0.1, 0.15) is 32.1 Å². The van der Waals surface area contributed by atoms with Gasteiger partial charge in [-0.05, 0) is 29.7 Å².